The predicted molar refractivity (Wildman–Crippen MR) is 409 cm³/mol. The fraction of sp³-hybridized carbons (Fsp3) is 0.410. The zero-order valence-corrected chi connectivity index (χ0v) is 61.5. The number of carbonyl (C=O) groups excluding carboxylic acids is 6. The standard InChI is InChI=1S/C15H13N13.C14H14N14.C13H14N12O2.C12H14N8O5.C7H7N7/c1-22-8-5-13(19)4-9(26-8)25-7(17)6(16)14(4,20)10(18)27-11(13)28-12(23-2)15(5,21)24-3;1-25-9-14(24,26-2)11(21,5-17)13(23)8(28-9)27-7(19)12(22,6(18)3-15)10(13,20)4-16;1-23-13(22)8(27)25-6-12(21,10(13,19)4-16)9(18,3-15)11(20,5(17)2-14)7(26)24-6;13-3-6(22)18-4-1-10(14)2(5(21)17-4)12(16,25)9(24)20-7(10)19-8(23)11(1,3)15;1-14-6(12)7(13,3-9)5(11)4(10)2-8/h4-6,17-18H,16,19-21H2;6,19H,18,20-24H2;5H,17-22H2,(H,24,25,26,27);1-3,25H,13-16H2,(H,17,18,21,22)(H,19,20,23,24);12H,10-11,13H2/b;;;;5-4-,12-6?. The SMILES string of the molecule is NC1C(=O)NC2=NC(=O)C3C(N)(O)C(=O)NC4=NC(=O)C1(N)C2C43N.[C-]#[N+]C(=N)C(N)(C#N)/C(N)=C(/N)C#N.[C-]#[N+]C1(N)C(=O)NC2=NC(=O)C(N)(C(N)C#N)C(N)(C#N)C2(N)C1(N)C#N.[C-]#[N+]C1=NC2=NC(=N)C(N)(C(N)C#N)C(N)(C#N)C2(N)C(N)(C#N)C1(N)[N+]#[C-].[C-]#[N+]C1=NC2=NC(=N)C(N)C3(N)C(=N)N=C4N=C([N+]#[C-])C(N)([N+]#[C-])C1C4(N)C23. The lowest BCUT2D eigenvalue weighted by Gasteiger charge is -2.59. The summed E-state index contributed by atoms with van der Waals surface area (Å²) in [6.45, 7) is 50.8. The first-order valence-corrected chi connectivity index (χ1v) is 32.7. The molecule has 61 nitrogen and oxygen atoms in total. The van der Waals surface area contributed by atoms with Crippen LogP contribution < -0.4 is 148 Å². The number of amides is 6. The number of aliphatic hydroxyl groups is 1. The number of carbonyl (C=O) groups is 6. The zero-order valence-electron chi connectivity index (χ0n) is 61.5. The van der Waals surface area contributed by atoms with E-state index in [2.05, 4.69) is 89.5 Å². The van der Waals surface area contributed by atoms with Crippen LogP contribution in [0.4, 0.5) is 0 Å². The van der Waals surface area contributed by atoms with Crippen molar-refractivity contribution in [3.8, 4) is 48.6 Å². The van der Waals surface area contributed by atoms with Crippen LogP contribution in [-0.2, 0) is 28.8 Å². The van der Waals surface area contributed by atoms with Gasteiger partial charge < -0.3 is 149 Å². The summed E-state index contributed by atoms with van der Waals surface area (Å²) in [6, 6.07) is 5.56. The monoisotopic (exact) mass is 1660 g/mol. The Kier molecular flexibility index (Phi) is 21.3. The number of hydrogen-bond acceptors (Lipinski definition) is 45. The van der Waals surface area contributed by atoms with Crippen molar-refractivity contribution in [3.05, 3.63) is 91.3 Å². The summed E-state index contributed by atoms with van der Waals surface area (Å²) < 4.78 is 0. The maximum Gasteiger partial charge on any atom is 0.395 e. The molecule has 3 saturated heterocycles. The van der Waals surface area contributed by atoms with E-state index in [1.165, 1.54) is 30.3 Å². The van der Waals surface area contributed by atoms with Crippen molar-refractivity contribution in [2.24, 2.45) is 200 Å². The number of piperidine rings is 3. The number of nitriles is 8. The van der Waals surface area contributed by atoms with Crippen LogP contribution in [0, 0.1) is 182 Å². The van der Waals surface area contributed by atoms with E-state index in [-0.39, 0.29) is 29.2 Å². The van der Waals surface area contributed by atoms with Crippen molar-refractivity contribution >= 4 is 111 Å². The van der Waals surface area contributed by atoms with Gasteiger partial charge in [-0.3, -0.25) is 76.7 Å². The second kappa shape index (κ2) is 28.4. The van der Waals surface area contributed by atoms with Gasteiger partial charge in [0.25, 0.3) is 35.3 Å². The van der Waals surface area contributed by atoms with E-state index in [4.69, 9.17) is 215 Å². The third kappa shape index (κ3) is 10.4. The van der Waals surface area contributed by atoms with Gasteiger partial charge in [-0.2, -0.15) is 77.5 Å². The van der Waals surface area contributed by atoms with E-state index in [0.717, 1.165) is 0 Å². The molecule has 6 amide bonds. The van der Waals surface area contributed by atoms with Gasteiger partial charge in [0.2, 0.25) is 40.2 Å². The molecule has 0 aromatic heterocycles. The van der Waals surface area contributed by atoms with Crippen LogP contribution in [0.2, 0.25) is 0 Å². The lowest BCUT2D eigenvalue weighted by Crippen LogP contribution is -3.00. The summed E-state index contributed by atoms with van der Waals surface area (Å²) in [6.07, 6.45) is 0. The van der Waals surface area contributed by atoms with Crippen molar-refractivity contribution in [2.45, 2.75) is 119 Å². The molecule has 0 radical (unpaired) electrons. The van der Waals surface area contributed by atoms with E-state index in [1.54, 1.807) is 18.2 Å². The lowest BCUT2D eigenvalue weighted by atomic mass is 9.51. The molecule has 54 N–H and O–H groups in total. The Morgan fingerprint density at radius 1 is 0.508 bits per heavy atom. The number of hydrogen-bond donors (Lipinski definition) is 31. The van der Waals surface area contributed by atoms with Crippen LogP contribution in [0.25, 0.3) is 33.9 Å². The minimum Gasteiger partial charge on any atom is -0.398 e. The molecule has 0 saturated carbocycles. The maximum atomic E-state index is 12.5. The quantitative estimate of drug-likeness (QED) is 0.0409. The highest BCUT2D eigenvalue weighted by Gasteiger charge is 2.88. The minimum atomic E-state index is -2.89. The number of amidine groups is 13. The average Bonchev–Trinajstić information content (AvgIpc) is 0.666. The molecule has 0 aromatic rings. The Hall–Kier alpha value is -16.1. The van der Waals surface area contributed by atoms with Gasteiger partial charge in [0.1, 0.15) is 98.6 Å². The lowest BCUT2D eigenvalue weighted by molar-refractivity contribution is -0.161. The van der Waals surface area contributed by atoms with Crippen LogP contribution in [0.15, 0.2) is 56.3 Å². The van der Waals surface area contributed by atoms with E-state index in [9.17, 15) is 60.2 Å². The smallest absolute Gasteiger partial charge is 0.395 e. The first kappa shape index (κ1) is 91.5. The predicted octanol–water partition coefficient (Wildman–Crippen LogP) is -19.3. The van der Waals surface area contributed by atoms with Gasteiger partial charge in [-0.15, -0.1) is 4.99 Å². The molecule has 0 aliphatic carbocycles. The van der Waals surface area contributed by atoms with Crippen LogP contribution >= 0.6 is 0 Å². The molecule has 0 spiro atoms. The van der Waals surface area contributed by atoms with Crippen molar-refractivity contribution in [1.82, 2.24) is 16.0 Å². The van der Waals surface area contributed by atoms with Crippen molar-refractivity contribution in [3.63, 3.8) is 0 Å². The third-order valence-electron chi connectivity index (χ3n) is 22.9. The van der Waals surface area contributed by atoms with Gasteiger partial charge in [-0.05, 0) is 0 Å². The molecule has 618 valence electrons. The fourth-order valence-corrected chi connectivity index (χ4v) is 15.5. The minimum absolute atomic E-state index is 0.0649. The molecule has 25 atom stereocenters. The van der Waals surface area contributed by atoms with Crippen LogP contribution in [0.5, 0.6) is 0 Å². The summed E-state index contributed by atoms with van der Waals surface area (Å²) in [4.78, 5) is 130. The Morgan fingerprint density at radius 3 is 1.48 bits per heavy atom. The number of rotatable bonds is 4. The van der Waals surface area contributed by atoms with Crippen molar-refractivity contribution < 1.29 is 33.9 Å². The van der Waals surface area contributed by atoms with Gasteiger partial charge in [-0.1, -0.05) is 36.3 Å². The summed E-state index contributed by atoms with van der Waals surface area (Å²) in [5.41, 5.74) is 94.3. The van der Waals surface area contributed by atoms with E-state index in [0.29, 0.717) is 0 Å². The molecule has 3 fully saturated rings. The van der Waals surface area contributed by atoms with Gasteiger partial charge in [0.15, 0.2) is 39.1 Å². The van der Waals surface area contributed by atoms with Crippen molar-refractivity contribution in [1.29, 1.82) is 63.7 Å². The highest BCUT2D eigenvalue weighted by molar-refractivity contribution is 6.31. The molecule has 0 aromatic carbocycles. The first-order chi connectivity index (χ1) is 56.2. The van der Waals surface area contributed by atoms with Crippen molar-refractivity contribution in [2.75, 3.05) is 0 Å². The summed E-state index contributed by atoms with van der Waals surface area (Å²) in [7, 11) is 0. The number of nitrogens with two attached hydrogens (primary N) is 23. The van der Waals surface area contributed by atoms with Crippen LogP contribution in [0.3, 0.4) is 0 Å². The summed E-state index contributed by atoms with van der Waals surface area (Å²) in [5.74, 6) is -18.4. The molecule has 12 aliphatic rings. The Morgan fingerprint density at radius 2 is 1.00 bits per heavy atom. The first-order valence-electron chi connectivity index (χ1n) is 32.7. The normalized spacial score (nSPS) is 41.1. The van der Waals surface area contributed by atoms with Crippen LogP contribution in [-0.4, -0.2) is 235 Å². The Balaban J connectivity index is 0.000000192. The number of nitrogens with one attached hydrogen (secondary N) is 7. The molecule has 122 heavy (non-hydrogen) atoms. The largest absolute Gasteiger partial charge is 0.398 e. The highest BCUT2D eigenvalue weighted by atomic mass is 16.3. The Bertz CT molecular complexity index is 6060. The average molecular weight is 1660 g/mol. The van der Waals surface area contributed by atoms with Gasteiger partial charge >= 0.3 is 34.6 Å². The zero-order chi connectivity index (χ0) is 93.3. The van der Waals surface area contributed by atoms with E-state index >= 15 is 0 Å². The summed E-state index contributed by atoms with van der Waals surface area (Å²) >= 11 is 0. The second-order valence-corrected chi connectivity index (χ2v) is 28.4. The second-order valence-electron chi connectivity index (χ2n) is 28.4. The van der Waals surface area contributed by atoms with Gasteiger partial charge in [0, 0.05) is 0 Å². The molecule has 61 heteroatoms. The molecule has 12 aliphatic heterocycles. The van der Waals surface area contributed by atoms with Gasteiger partial charge in [0.05, 0.1) is 66.1 Å². The number of aliphatic imine (C=N–C) groups is 9. The molecule has 25 unspecified atom stereocenters. The topological polar surface area (TPSA) is 1180 Å². The fourth-order valence-electron chi connectivity index (χ4n) is 15.5. The van der Waals surface area contributed by atoms with Crippen LogP contribution in [0.1, 0.15) is 0 Å². The number of nitrogens with zero attached hydrogens (tertiary/aromatic N) is 24. The molecule has 12 heterocycles. The Labute approximate surface area is 681 Å². The number of fused-ring (bicyclic) bond motifs is 2. The molecular formula is C61H62N54O7. The summed E-state index contributed by atoms with van der Waals surface area (Å²) in [5, 5.41) is 123. The van der Waals surface area contributed by atoms with Gasteiger partial charge in [-0.25, -0.2) is 25.5 Å². The van der Waals surface area contributed by atoms with E-state index < -0.39 is 236 Å². The molecule has 0 bridgehead atoms. The highest BCUT2D eigenvalue weighted by Crippen LogP contribution is 2.53. The third-order valence-corrected chi connectivity index (χ3v) is 22.9. The maximum absolute atomic E-state index is 12.5. The number of allylic oxidation sites excluding steroid dienone is 1. The molecule has 12 rings (SSSR count). The molecular weight excluding hydrogens is 1600 g/mol. The van der Waals surface area contributed by atoms with E-state index in [1.807, 2.05) is 5.32 Å².